The van der Waals surface area contributed by atoms with E-state index >= 15 is 0 Å². The third-order valence-electron chi connectivity index (χ3n) is 3.74. The van der Waals surface area contributed by atoms with Crippen molar-refractivity contribution in [2.24, 2.45) is 5.92 Å². The van der Waals surface area contributed by atoms with Crippen molar-refractivity contribution in [1.29, 1.82) is 0 Å². The van der Waals surface area contributed by atoms with E-state index in [1.807, 2.05) is 6.08 Å². The van der Waals surface area contributed by atoms with E-state index in [1.165, 1.54) is 38.5 Å². The van der Waals surface area contributed by atoms with Crippen LogP contribution in [0.4, 0.5) is 0 Å². The third-order valence-corrected chi connectivity index (χ3v) is 4.16. The molecule has 1 atom stereocenters. The van der Waals surface area contributed by atoms with Gasteiger partial charge in [0.25, 0.3) is 0 Å². The van der Waals surface area contributed by atoms with E-state index in [0.29, 0.717) is 0 Å². The Kier molecular flexibility index (Phi) is 19.6. The summed E-state index contributed by atoms with van der Waals surface area (Å²) in [7, 11) is -4.58. The zero-order chi connectivity index (χ0) is 16.7. The van der Waals surface area contributed by atoms with Crippen LogP contribution in [0.1, 0.15) is 84.5 Å². The summed E-state index contributed by atoms with van der Waals surface area (Å²) >= 11 is 0. The van der Waals surface area contributed by atoms with Gasteiger partial charge in [-0.2, -0.15) is 0 Å². The SMILES string of the molecule is CCCCCC/C=C/C(CCCCCCC)COS(=O)(=O)[O-].[Na+]. The number of hydrogen-bond donors (Lipinski definition) is 0. The van der Waals surface area contributed by atoms with Gasteiger partial charge in [-0.05, 0) is 19.3 Å². The van der Waals surface area contributed by atoms with Gasteiger partial charge in [0.1, 0.15) is 0 Å². The van der Waals surface area contributed by atoms with Gasteiger partial charge in [-0.1, -0.05) is 77.4 Å². The first-order chi connectivity index (χ1) is 10.5. The van der Waals surface area contributed by atoms with Gasteiger partial charge in [-0.3, -0.25) is 4.18 Å². The first kappa shape index (κ1) is 25.8. The van der Waals surface area contributed by atoms with E-state index in [2.05, 4.69) is 24.1 Å². The molecule has 0 amide bonds. The molecule has 0 aromatic rings. The topological polar surface area (TPSA) is 66.4 Å². The molecule has 0 heterocycles. The van der Waals surface area contributed by atoms with Crippen molar-refractivity contribution in [3.63, 3.8) is 0 Å². The zero-order valence-electron chi connectivity index (χ0n) is 15.3. The fraction of sp³-hybridized carbons (Fsp3) is 0.882. The van der Waals surface area contributed by atoms with Gasteiger partial charge in [-0.25, -0.2) is 8.42 Å². The number of allylic oxidation sites excluding steroid dienone is 1. The van der Waals surface area contributed by atoms with Crippen LogP contribution in [0.5, 0.6) is 0 Å². The van der Waals surface area contributed by atoms with Crippen LogP contribution >= 0.6 is 0 Å². The van der Waals surface area contributed by atoms with E-state index in [1.54, 1.807) is 0 Å². The van der Waals surface area contributed by atoms with Crippen molar-refractivity contribution in [2.75, 3.05) is 6.61 Å². The molecule has 0 radical (unpaired) electrons. The second-order valence-electron chi connectivity index (χ2n) is 5.93. The van der Waals surface area contributed by atoms with Gasteiger partial charge < -0.3 is 4.55 Å². The summed E-state index contributed by atoms with van der Waals surface area (Å²) in [6.07, 6.45) is 16.7. The Bertz CT molecular complexity index is 369. The van der Waals surface area contributed by atoms with E-state index in [4.69, 9.17) is 0 Å². The first-order valence-electron chi connectivity index (χ1n) is 8.76. The molecule has 0 saturated heterocycles. The minimum absolute atomic E-state index is 0. The molecule has 0 rings (SSSR count). The van der Waals surface area contributed by atoms with Crippen molar-refractivity contribution in [3.8, 4) is 0 Å². The van der Waals surface area contributed by atoms with Gasteiger partial charge in [0.15, 0.2) is 0 Å². The maximum atomic E-state index is 10.6. The molecule has 0 bridgehead atoms. The van der Waals surface area contributed by atoms with Gasteiger partial charge in [-0.15, -0.1) is 0 Å². The summed E-state index contributed by atoms with van der Waals surface area (Å²) < 4.78 is 36.2. The molecule has 4 nitrogen and oxygen atoms in total. The standard InChI is InChI=1S/C17H34O4S.Na/c1-3-5-7-9-11-13-15-17(16-21-22(18,19)20)14-12-10-8-6-4-2;/h13,15,17H,3-12,14,16H2,1-2H3,(H,18,19,20);/q;+1/p-1/b15-13+;. The van der Waals surface area contributed by atoms with Crippen LogP contribution < -0.4 is 29.6 Å². The van der Waals surface area contributed by atoms with Crippen molar-refractivity contribution >= 4 is 10.4 Å². The number of rotatable bonds is 15. The summed E-state index contributed by atoms with van der Waals surface area (Å²) in [5.41, 5.74) is 0. The molecule has 23 heavy (non-hydrogen) atoms. The fourth-order valence-electron chi connectivity index (χ4n) is 2.39. The Morgan fingerprint density at radius 3 is 2.09 bits per heavy atom. The fourth-order valence-corrected chi connectivity index (χ4v) is 2.74. The van der Waals surface area contributed by atoms with Gasteiger partial charge >= 0.3 is 29.6 Å². The Balaban J connectivity index is 0. The van der Waals surface area contributed by atoms with Crippen LogP contribution in [-0.4, -0.2) is 19.6 Å². The molecule has 0 fully saturated rings. The molecule has 0 N–H and O–H groups in total. The molecule has 0 aromatic heterocycles. The number of unbranched alkanes of at least 4 members (excludes halogenated alkanes) is 8. The van der Waals surface area contributed by atoms with E-state index in [9.17, 15) is 13.0 Å². The Labute approximate surface area is 165 Å². The summed E-state index contributed by atoms with van der Waals surface area (Å²) in [6.45, 7) is 4.34. The average molecular weight is 357 g/mol. The summed E-state index contributed by atoms with van der Waals surface area (Å²) in [4.78, 5) is 0. The van der Waals surface area contributed by atoms with E-state index in [0.717, 1.165) is 32.1 Å². The predicted octanol–water partition coefficient (Wildman–Crippen LogP) is 1.97. The Hall–Kier alpha value is 0.610. The molecule has 0 aliphatic carbocycles. The molecule has 132 valence electrons. The van der Waals surface area contributed by atoms with Crippen LogP contribution in [0, 0.1) is 5.92 Å². The van der Waals surface area contributed by atoms with E-state index in [-0.39, 0.29) is 42.1 Å². The van der Waals surface area contributed by atoms with Crippen LogP contribution in [-0.2, 0) is 14.6 Å². The molecule has 1 unspecified atom stereocenters. The molecule has 0 spiro atoms. The molecule has 0 aliphatic heterocycles. The molecular weight excluding hydrogens is 323 g/mol. The smallest absolute Gasteiger partial charge is 0.726 e. The average Bonchev–Trinajstić information content (AvgIpc) is 2.46. The summed E-state index contributed by atoms with van der Waals surface area (Å²) in [5, 5.41) is 0. The second kappa shape index (κ2) is 17.4. The molecular formula is C17H33NaO4S. The van der Waals surface area contributed by atoms with Gasteiger partial charge in [0.05, 0.1) is 6.61 Å². The van der Waals surface area contributed by atoms with E-state index < -0.39 is 10.4 Å². The maximum absolute atomic E-state index is 10.6. The van der Waals surface area contributed by atoms with Crippen molar-refractivity contribution < 1.29 is 46.7 Å². The van der Waals surface area contributed by atoms with Gasteiger partial charge in [0.2, 0.25) is 10.4 Å². The van der Waals surface area contributed by atoms with Crippen molar-refractivity contribution in [1.82, 2.24) is 0 Å². The quantitative estimate of drug-likeness (QED) is 0.148. The monoisotopic (exact) mass is 356 g/mol. The largest absolute Gasteiger partial charge is 1.00 e. The normalized spacial score (nSPS) is 13.2. The molecule has 0 saturated carbocycles. The Morgan fingerprint density at radius 1 is 0.957 bits per heavy atom. The molecule has 0 aliphatic rings. The van der Waals surface area contributed by atoms with Crippen LogP contribution in [0.15, 0.2) is 12.2 Å². The zero-order valence-corrected chi connectivity index (χ0v) is 18.1. The number of hydrogen-bond acceptors (Lipinski definition) is 4. The first-order valence-corrected chi connectivity index (χ1v) is 10.1. The molecule has 6 heteroatoms. The van der Waals surface area contributed by atoms with Crippen LogP contribution in [0.25, 0.3) is 0 Å². The summed E-state index contributed by atoms with van der Waals surface area (Å²) in [6, 6.07) is 0. The van der Waals surface area contributed by atoms with Crippen molar-refractivity contribution in [2.45, 2.75) is 84.5 Å². The van der Waals surface area contributed by atoms with Crippen molar-refractivity contribution in [3.05, 3.63) is 12.2 Å². The molecule has 0 aromatic carbocycles. The minimum Gasteiger partial charge on any atom is -0.726 e. The maximum Gasteiger partial charge on any atom is 1.00 e. The minimum atomic E-state index is -4.58. The van der Waals surface area contributed by atoms with Gasteiger partial charge in [0, 0.05) is 5.92 Å². The summed E-state index contributed by atoms with van der Waals surface area (Å²) in [5.74, 6) is 0.0246. The predicted molar refractivity (Wildman–Crippen MR) is 90.4 cm³/mol. The Morgan fingerprint density at radius 2 is 1.52 bits per heavy atom. The van der Waals surface area contributed by atoms with Crippen LogP contribution in [0.3, 0.4) is 0 Å². The second-order valence-corrected chi connectivity index (χ2v) is 6.99. The van der Waals surface area contributed by atoms with Crippen LogP contribution in [0.2, 0.25) is 0 Å². The third kappa shape index (κ3) is 20.6.